The Morgan fingerprint density at radius 2 is 1.71 bits per heavy atom. The number of nitrogens with two attached hydrogens (primary N) is 1. The van der Waals surface area contributed by atoms with E-state index in [1.54, 1.807) is 12.4 Å². The number of aromatic nitrogens is 5. The third kappa shape index (κ3) is 4.78. The van der Waals surface area contributed by atoms with Gasteiger partial charge in [0.05, 0.1) is 30.8 Å². The number of nitrogen functional groups attached to an aromatic ring is 1. The SMILES string of the molecule is CC1=NCC(C(=O)Nc2ccc(-c3cnc4c(N5CCOCC5)nc(-c5cnc(N)nc5)nc4c3)cc2)=C1. The second-order valence-electron chi connectivity index (χ2n) is 9.05. The Morgan fingerprint density at radius 3 is 2.42 bits per heavy atom. The topological polar surface area (TPSA) is 144 Å². The summed E-state index contributed by atoms with van der Waals surface area (Å²) in [4.78, 5) is 41.5. The summed E-state index contributed by atoms with van der Waals surface area (Å²) in [6.45, 7) is 4.96. The number of benzene rings is 1. The molecular formula is C27H25N9O2. The Bertz CT molecular complexity index is 1580. The first-order valence-corrected chi connectivity index (χ1v) is 12.3. The molecule has 1 aromatic carbocycles. The van der Waals surface area contributed by atoms with Gasteiger partial charge in [0.2, 0.25) is 5.95 Å². The summed E-state index contributed by atoms with van der Waals surface area (Å²) in [5.74, 6) is 1.29. The van der Waals surface area contributed by atoms with Gasteiger partial charge >= 0.3 is 0 Å². The first-order chi connectivity index (χ1) is 18.5. The van der Waals surface area contributed by atoms with Gasteiger partial charge in [0.15, 0.2) is 11.6 Å². The van der Waals surface area contributed by atoms with Crippen LogP contribution in [0, 0.1) is 0 Å². The highest BCUT2D eigenvalue weighted by Gasteiger charge is 2.20. The molecule has 4 aromatic rings. The number of pyridine rings is 1. The fourth-order valence-electron chi connectivity index (χ4n) is 4.39. The molecular weight excluding hydrogens is 482 g/mol. The maximum atomic E-state index is 12.5. The van der Waals surface area contributed by atoms with E-state index in [1.165, 1.54) is 0 Å². The molecule has 0 saturated carbocycles. The summed E-state index contributed by atoms with van der Waals surface area (Å²) in [5, 5.41) is 2.93. The maximum absolute atomic E-state index is 12.5. The molecule has 0 aliphatic carbocycles. The van der Waals surface area contributed by atoms with Gasteiger partial charge in [-0.05, 0) is 36.8 Å². The number of anilines is 3. The highest BCUT2D eigenvalue weighted by Crippen LogP contribution is 2.30. The molecule has 38 heavy (non-hydrogen) atoms. The van der Waals surface area contributed by atoms with Crippen molar-refractivity contribution in [1.29, 1.82) is 0 Å². The average Bonchev–Trinajstić information content (AvgIpc) is 3.40. The molecule has 190 valence electrons. The zero-order valence-corrected chi connectivity index (χ0v) is 20.8. The minimum atomic E-state index is -0.141. The van der Waals surface area contributed by atoms with E-state index in [1.807, 2.05) is 49.5 Å². The Hall–Kier alpha value is -4.77. The number of morpholine rings is 1. The number of fused-ring (bicyclic) bond motifs is 1. The van der Waals surface area contributed by atoms with E-state index in [2.05, 4.69) is 25.2 Å². The van der Waals surface area contributed by atoms with E-state index in [4.69, 9.17) is 25.4 Å². The zero-order chi connectivity index (χ0) is 26.1. The van der Waals surface area contributed by atoms with E-state index in [0.717, 1.165) is 22.7 Å². The van der Waals surface area contributed by atoms with Crippen molar-refractivity contribution < 1.29 is 9.53 Å². The van der Waals surface area contributed by atoms with Crippen molar-refractivity contribution in [3.63, 3.8) is 0 Å². The normalized spacial score (nSPS) is 15.3. The van der Waals surface area contributed by atoms with Crippen LogP contribution in [0.4, 0.5) is 17.5 Å². The minimum Gasteiger partial charge on any atom is -0.378 e. The lowest BCUT2D eigenvalue weighted by molar-refractivity contribution is -0.112. The lowest BCUT2D eigenvalue weighted by Crippen LogP contribution is -2.37. The highest BCUT2D eigenvalue weighted by atomic mass is 16.5. The third-order valence-electron chi connectivity index (χ3n) is 6.41. The third-order valence-corrected chi connectivity index (χ3v) is 6.41. The van der Waals surface area contributed by atoms with Crippen molar-refractivity contribution in [2.24, 2.45) is 4.99 Å². The summed E-state index contributed by atoms with van der Waals surface area (Å²) in [6.07, 6.45) is 6.86. The molecule has 1 amide bonds. The van der Waals surface area contributed by atoms with Crippen LogP contribution in [0.3, 0.4) is 0 Å². The predicted molar refractivity (Wildman–Crippen MR) is 146 cm³/mol. The van der Waals surface area contributed by atoms with Crippen LogP contribution in [-0.4, -0.2) is 69.4 Å². The largest absolute Gasteiger partial charge is 0.378 e. The van der Waals surface area contributed by atoms with Crippen LogP contribution in [0.5, 0.6) is 0 Å². The number of hydrogen-bond donors (Lipinski definition) is 2. The summed E-state index contributed by atoms with van der Waals surface area (Å²) in [5.41, 5.74) is 11.8. The lowest BCUT2D eigenvalue weighted by atomic mass is 10.1. The van der Waals surface area contributed by atoms with Crippen molar-refractivity contribution in [2.45, 2.75) is 6.92 Å². The van der Waals surface area contributed by atoms with Gasteiger partial charge in [-0.15, -0.1) is 0 Å². The number of nitrogens with zero attached hydrogens (tertiary/aromatic N) is 7. The van der Waals surface area contributed by atoms with Crippen LogP contribution < -0.4 is 16.0 Å². The molecule has 0 radical (unpaired) electrons. The van der Waals surface area contributed by atoms with Crippen LogP contribution in [0.15, 0.2) is 65.6 Å². The quantitative estimate of drug-likeness (QED) is 0.416. The smallest absolute Gasteiger partial charge is 0.253 e. The standard InChI is InChI=1S/C27H25N9O2/c1-16-10-19(13-29-16)26(37)33-21-4-2-17(3-5-21)18-11-22-23(30-12-18)25(36-6-8-38-9-7-36)35-24(34-22)20-14-31-27(28)32-15-20/h2-5,10-12,14-15H,6-9,13H2,1H3,(H,33,37)(H2,28,31,32). The first-order valence-electron chi connectivity index (χ1n) is 12.3. The summed E-state index contributed by atoms with van der Waals surface area (Å²) < 4.78 is 5.53. The van der Waals surface area contributed by atoms with Crippen molar-refractivity contribution in [3.05, 3.63) is 60.6 Å². The van der Waals surface area contributed by atoms with Crippen LogP contribution in [-0.2, 0) is 9.53 Å². The van der Waals surface area contributed by atoms with Crippen molar-refractivity contribution in [1.82, 2.24) is 24.9 Å². The van der Waals surface area contributed by atoms with Crippen LogP contribution >= 0.6 is 0 Å². The number of rotatable bonds is 5. The number of carbonyl (C=O) groups excluding carboxylic acids is 1. The van der Waals surface area contributed by atoms with E-state index < -0.39 is 0 Å². The molecule has 0 spiro atoms. The van der Waals surface area contributed by atoms with Crippen LogP contribution in [0.25, 0.3) is 33.5 Å². The van der Waals surface area contributed by atoms with E-state index >= 15 is 0 Å². The minimum absolute atomic E-state index is 0.141. The molecule has 0 unspecified atom stereocenters. The Morgan fingerprint density at radius 1 is 0.974 bits per heavy atom. The second kappa shape index (κ2) is 9.94. The zero-order valence-electron chi connectivity index (χ0n) is 20.8. The Labute approximate surface area is 218 Å². The highest BCUT2D eigenvalue weighted by molar-refractivity contribution is 6.11. The molecule has 5 heterocycles. The molecule has 3 N–H and O–H groups in total. The number of allylic oxidation sites excluding steroid dienone is 1. The van der Waals surface area contributed by atoms with Gasteiger partial charge in [0.1, 0.15) is 5.52 Å². The van der Waals surface area contributed by atoms with Gasteiger partial charge in [-0.2, -0.15) is 0 Å². The summed E-state index contributed by atoms with van der Waals surface area (Å²) >= 11 is 0. The monoisotopic (exact) mass is 507 g/mol. The lowest BCUT2D eigenvalue weighted by Gasteiger charge is -2.28. The first kappa shape index (κ1) is 23.6. The maximum Gasteiger partial charge on any atom is 0.253 e. The molecule has 1 fully saturated rings. The number of amides is 1. The van der Waals surface area contributed by atoms with E-state index in [0.29, 0.717) is 66.5 Å². The average molecular weight is 508 g/mol. The Balaban J connectivity index is 1.33. The molecule has 0 bridgehead atoms. The predicted octanol–water partition coefficient (Wildman–Crippen LogP) is 2.91. The molecule has 11 nitrogen and oxygen atoms in total. The number of aliphatic imine (C=N–C) groups is 1. The molecule has 11 heteroatoms. The van der Waals surface area contributed by atoms with E-state index in [-0.39, 0.29) is 11.9 Å². The van der Waals surface area contributed by atoms with Gasteiger partial charge in [-0.1, -0.05) is 12.1 Å². The van der Waals surface area contributed by atoms with Crippen molar-refractivity contribution in [3.8, 4) is 22.5 Å². The molecule has 1 saturated heterocycles. The number of nitrogens with one attached hydrogen (secondary N) is 1. The van der Waals surface area contributed by atoms with Gasteiger partial charge < -0.3 is 20.7 Å². The summed E-state index contributed by atoms with van der Waals surface area (Å²) in [6, 6.07) is 9.63. The number of ether oxygens (including phenoxy) is 1. The fraction of sp³-hybridized carbons (Fsp3) is 0.222. The molecule has 0 atom stereocenters. The summed E-state index contributed by atoms with van der Waals surface area (Å²) in [7, 11) is 0. The van der Waals surface area contributed by atoms with Gasteiger partial charge in [-0.3, -0.25) is 14.8 Å². The molecule has 2 aliphatic heterocycles. The van der Waals surface area contributed by atoms with Gasteiger partial charge in [0.25, 0.3) is 5.91 Å². The van der Waals surface area contributed by atoms with E-state index in [9.17, 15) is 4.79 Å². The van der Waals surface area contributed by atoms with Crippen LogP contribution in [0.2, 0.25) is 0 Å². The fourth-order valence-corrected chi connectivity index (χ4v) is 4.39. The molecule has 2 aliphatic rings. The number of hydrogen-bond acceptors (Lipinski definition) is 10. The molecule has 3 aromatic heterocycles. The molecule has 6 rings (SSSR count). The number of carbonyl (C=O) groups is 1. The van der Waals surface area contributed by atoms with Crippen molar-refractivity contribution in [2.75, 3.05) is 48.8 Å². The van der Waals surface area contributed by atoms with Gasteiger partial charge in [-0.25, -0.2) is 19.9 Å². The van der Waals surface area contributed by atoms with Crippen molar-refractivity contribution >= 4 is 40.1 Å². The van der Waals surface area contributed by atoms with Gasteiger partial charge in [0, 0.05) is 54.2 Å². The second-order valence-corrected chi connectivity index (χ2v) is 9.05. The Kier molecular flexibility index (Phi) is 6.18. The van der Waals surface area contributed by atoms with Crippen LogP contribution in [0.1, 0.15) is 6.92 Å².